The van der Waals surface area contributed by atoms with Gasteiger partial charge in [-0.25, -0.2) is 0 Å². The van der Waals surface area contributed by atoms with Gasteiger partial charge in [0.15, 0.2) is 6.10 Å². The number of hydrogen-bond donors (Lipinski definition) is 2. The number of nitrogens with one attached hydrogen (secondary N) is 1. The number of amides is 1. The quantitative estimate of drug-likeness (QED) is 0.826. The summed E-state index contributed by atoms with van der Waals surface area (Å²) in [5.41, 5.74) is 0.00447. The lowest BCUT2D eigenvalue weighted by Gasteiger charge is -2.33. The zero-order valence-corrected chi connectivity index (χ0v) is 15.0. The fraction of sp³-hybridized carbons (Fsp3) is 0.562. The number of hydrogen-bond acceptors (Lipinski definition) is 3. The molecule has 0 radical (unpaired) electrons. The molecule has 2 N–H and O–H groups in total. The summed E-state index contributed by atoms with van der Waals surface area (Å²) in [6.45, 7) is 8.92. The van der Waals surface area contributed by atoms with Crippen LogP contribution in [0.15, 0.2) is 12.1 Å². The number of rotatable bonds is 6. The number of carbonyl (C=O) groups is 1. The summed E-state index contributed by atoms with van der Waals surface area (Å²) in [5.74, 6) is 0.172. The second-order valence-corrected chi connectivity index (χ2v) is 6.75. The molecule has 0 bridgehead atoms. The Morgan fingerprint density at radius 1 is 1.36 bits per heavy atom. The predicted octanol–water partition coefficient (Wildman–Crippen LogP) is 3.59. The van der Waals surface area contributed by atoms with Gasteiger partial charge in [-0.3, -0.25) is 4.79 Å². The van der Waals surface area contributed by atoms with E-state index in [2.05, 4.69) is 5.32 Å². The second kappa shape index (κ2) is 7.53. The van der Waals surface area contributed by atoms with Crippen molar-refractivity contribution < 1.29 is 14.6 Å². The lowest BCUT2D eigenvalue weighted by molar-refractivity contribution is -0.130. The van der Waals surface area contributed by atoms with Crippen LogP contribution in [0.4, 0.5) is 0 Å². The van der Waals surface area contributed by atoms with Gasteiger partial charge in [0, 0.05) is 5.02 Å². The van der Waals surface area contributed by atoms with E-state index in [4.69, 9.17) is 27.9 Å². The largest absolute Gasteiger partial charge is 0.479 e. The van der Waals surface area contributed by atoms with Gasteiger partial charge in [0.25, 0.3) is 5.91 Å². The summed E-state index contributed by atoms with van der Waals surface area (Å²) in [5, 5.41) is 13.3. The number of ether oxygens (including phenoxy) is 1. The van der Waals surface area contributed by atoms with Gasteiger partial charge in [-0.15, -0.1) is 0 Å². The van der Waals surface area contributed by atoms with Crippen LogP contribution in [0.5, 0.6) is 5.75 Å². The highest BCUT2D eigenvalue weighted by Crippen LogP contribution is 2.33. The van der Waals surface area contributed by atoms with Gasteiger partial charge in [0.1, 0.15) is 5.75 Å². The fourth-order valence-corrected chi connectivity index (χ4v) is 2.14. The molecule has 1 aromatic carbocycles. The molecule has 2 atom stereocenters. The molecule has 0 aliphatic carbocycles. The molecule has 1 aromatic rings. The molecule has 22 heavy (non-hydrogen) atoms. The third-order valence-electron chi connectivity index (χ3n) is 3.97. The predicted molar refractivity (Wildman–Crippen MR) is 89.8 cm³/mol. The first-order chi connectivity index (χ1) is 10.1. The Hall–Kier alpha value is -0.970. The minimum Gasteiger partial charge on any atom is -0.479 e. The van der Waals surface area contributed by atoms with Crippen molar-refractivity contribution in [2.45, 2.75) is 46.3 Å². The molecule has 0 aliphatic heterocycles. The van der Waals surface area contributed by atoms with Crippen LogP contribution >= 0.6 is 23.2 Å². The van der Waals surface area contributed by atoms with E-state index in [0.29, 0.717) is 21.4 Å². The summed E-state index contributed by atoms with van der Waals surface area (Å²) < 4.78 is 5.63. The van der Waals surface area contributed by atoms with Crippen molar-refractivity contribution in [2.75, 3.05) is 6.61 Å². The van der Waals surface area contributed by atoms with Crippen LogP contribution < -0.4 is 10.1 Å². The first-order valence-corrected chi connectivity index (χ1v) is 7.92. The Morgan fingerprint density at radius 3 is 2.45 bits per heavy atom. The summed E-state index contributed by atoms with van der Waals surface area (Å²) >= 11 is 12.2. The van der Waals surface area contributed by atoms with E-state index >= 15 is 0 Å². The average molecular weight is 348 g/mol. The molecule has 2 unspecified atom stereocenters. The Balaban J connectivity index is 2.83. The number of aliphatic hydroxyl groups is 1. The SMILES string of the molecule is Cc1c(Cl)ccc(OC(C)C(=O)NC(C)(CO)C(C)C)c1Cl. The first-order valence-electron chi connectivity index (χ1n) is 7.16. The smallest absolute Gasteiger partial charge is 0.261 e. The van der Waals surface area contributed by atoms with E-state index in [-0.39, 0.29) is 18.4 Å². The number of aliphatic hydroxyl groups excluding tert-OH is 1. The van der Waals surface area contributed by atoms with Crippen molar-refractivity contribution >= 4 is 29.1 Å². The molecule has 4 nitrogen and oxygen atoms in total. The molecule has 1 rings (SSSR count). The lowest BCUT2D eigenvalue weighted by Crippen LogP contribution is -2.55. The second-order valence-electron chi connectivity index (χ2n) is 5.96. The summed E-state index contributed by atoms with van der Waals surface area (Å²) in [7, 11) is 0. The third-order valence-corrected chi connectivity index (χ3v) is 4.85. The maximum Gasteiger partial charge on any atom is 0.261 e. The Kier molecular flexibility index (Phi) is 6.53. The average Bonchev–Trinajstić information content (AvgIpc) is 2.47. The zero-order chi connectivity index (χ0) is 17.1. The molecule has 0 saturated heterocycles. The van der Waals surface area contributed by atoms with E-state index in [9.17, 15) is 9.90 Å². The van der Waals surface area contributed by atoms with E-state index < -0.39 is 11.6 Å². The molecule has 0 spiro atoms. The Bertz CT molecular complexity index is 548. The van der Waals surface area contributed by atoms with E-state index in [1.807, 2.05) is 13.8 Å². The molecule has 0 aromatic heterocycles. The molecule has 0 fully saturated rings. The van der Waals surface area contributed by atoms with E-state index in [1.165, 1.54) is 0 Å². The molecule has 1 amide bonds. The van der Waals surface area contributed by atoms with Gasteiger partial charge in [-0.2, -0.15) is 0 Å². The van der Waals surface area contributed by atoms with Crippen LogP contribution in [0.3, 0.4) is 0 Å². The van der Waals surface area contributed by atoms with E-state index in [0.717, 1.165) is 0 Å². The summed E-state index contributed by atoms with van der Waals surface area (Å²) in [6.07, 6.45) is -0.747. The van der Waals surface area contributed by atoms with Crippen molar-refractivity contribution in [1.82, 2.24) is 5.32 Å². The Morgan fingerprint density at radius 2 is 1.95 bits per heavy atom. The number of halogens is 2. The third kappa shape index (κ3) is 4.28. The first kappa shape index (κ1) is 19.1. The maximum absolute atomic E-state index is 12.3. The van der Waals surface area contributed by atoms with Crippen LogP contribution in [0.2, 0.25) is 10.0 Å². The molecule has 0 saturated carbocycles. The van der Waals surface area contributed by atoms with Gasteiger partial charge < -0.3 is 15.2 Å². The van der Waals surface area contributed by atoms with Crippen LogP contribution in [-0.4, -0.2) is 29.3 Å². The molecule has 6 heteroatoms. The van der Waals surface area contributed by atoms with Gasteiger partial charge >= 0.3 is 0 Å². The van der Waals surface area contributed by atoms with Crippen LogP contribution in [0.25, 0.3) is 0 Å². The Labute approximate surface area is 141 Å². The number of benzene rings is 1. The molecule has 0 heterocycles. The van der Waals surface area contributed by atoms with Gasteiger partial charge in [-0.1, -0.05) is 37.0 Å². The highest BCUT2D eigenvalue weighted by molar-refractivity contribution is 6.36. The lowest BCUT2D eigenvalue weighted by atomic mass is 9.89. The maximum atomic E-state index is 12.3. The van der Waals surface area contributed by atoms with Crippen molar-refractivity contribution in [3.05, 3.63) is 27.7 Å². The topological polar surface area (TPSA) is 58.6 Å². The van der Waals surface area contributed by atoms with Crippen LogP contribution in [0, 0.1) is 12.8 Å². The van der Waals surface area contributed by atoms with Crippen molar-refractivity contribution in [2.24, 2.45) is 5.92 Å². The molecular weight excluding hydrogens is 325 g/mol. The molecular formula is C16H23Cl2NO3. The standard InChI is InChI=1S/C16H23Cl2NO3/c1-9(2)16(5,8-20)19-15(21)11(4)22-13-7-6-12(17)10(3)14(13)18/h6-7,9,11,20H,8H2,1-5H3,(H,19,21). The van der Waals surface area contributed by atoms with Crippen molar-refractivity contribution in [1.29, 1.82) is 0 Å². The van der Waals surface area contributed by atoms with Crippen LogP contribution in [-0.2, 0) is 4.79 Å². The summed E-state index contributed by atoms with van der Waals surface area (Å²) in [6, 6.07) is 3.31. The van der Waals surface area contributed by atoms with Gasteiger partial charge in [-0.05, 0) is 44.4 Å². The fourth-order valence-electron chi connectivity index (χ4n) is 1.72. The van der Waals surface area contributed by atoms with Crippen LogP contribution in [0.1, 0.15) is 33.3 Å². The highest BCUT2D eigenvalue weighted by atomic mass is 35.5. The van der Waals surface area contributed by atoms with Crippen molar-refractivity contribution in [3.8, 4) is 5.75 Å². The van der Waals surface area contributed by atoms with E-state index in [1.54, 1.807) is 32.9 Å². The van der Waals surface area contributed by atoms with Gasteiger partial charge in [0.05, 0.1) is 17.2 Å². The molecule has 124 valence electrons. The zero-order valence-electron chi connectivity index (χ0n) is 13.5. The van der Waals surface area contributed by atoms with Crippen molar-refractivity contribution in [3.63, 3.8) is 0 Å². The molecule has 0 aliphatic rings. The highest BCUT2D eigenvalue weighted by Gasteiger charge is 2.31. The minimum absolute atomic E-state index is 0.0787. The summed E-state index contributed by atoms with van der Waals surface area (Å²) in [4.78, 5) is 12.3. The van der Waals surface area contributed by atoms with Gasteiger partial charge in [0.2, 0.25) is 0 Å². The minimum atomic E-state index is -0.747. The number of carbonyl (C=O) groups excluding carboxylic acids is 1. The normalized spacial score (nSPS) is 15.3. The monoisotopic (exact) mass is 347 g/mol.